The summed E-state index contributed by atoms with van der Waals surface area (Å²) in [5, 5.41) is 0. The van der Waals surface area contributed by atoms with Crippen molar-refractivity contribution in [3.8, 4) is 11.5 Å². The largest absolute Gasteiger partial charge is 0.497 e. The number of amides is 1. The number of rotatable bonds is 7. The maximum absolute atomic E-state index is 13.8. The van der Waals surface area contributed by atoms with Crippen LogP contribution in [0.1, 0.15) is 17.5 Å². The number of allylic oxidation sites excluding steroid dienone is 1. The first-order chi connectivity index (χ1) is 15.1. The Labute approximate surface area is 181 Å². The maximum Gasteiger partial charge on any atom is 0.332 e. The van der Waals surface area contributed by atoms with Gasteiger partial charge < -0.3 is 14.4 Å². The molecule has 5 heteroatoms. The minimum absolute atomic E-state index is 0.114. The van der Waals surface area contributed by atoms with E-state index in [0.717, 1.165) is 5.56 Å². The Morgan fingerprint density at radius 1 is 1.00 bits per heavy atom. The predicted molar refractivity (Wildman–Crippen MR) is 119 cm³/mol. The molecule has 0 aromatic heterocycles. The molecule has 0 N–H and O–H groups in total. The Kier molecular flexibility index (Phi) is 5.58. The number of fused-ring (bicyclic) bond motifs is 1. The summed E-state index contributed by atoms with van der Waals surface area (Å²) in [5.74, 6) is -0.0159. The second-order valence-electron chi connectivity index (χ2n) is 7.36. The van der Waals surface area contributed by atoms with Crippen LogP contribution >= 0.6 is 0 Å². The Hall–Kier alpha value is -3.86. The van der Waals surface area contributed by atoms with Gasteiger partial charge >= 0.3 is 5.97 Å². The van der Waals surface area contributed by atoms with Crippen LogP contribution in [0.2, 0.25) is 0 Å². The molecule has 1 aliphatic heterocycles. The zero-order chi connectivity index (χ0) is 21.8. The van der Waals surface area contributed by atoms with Crippen LogP contribution in [-0.4, -0.2) is 19.0 Å². The predicted octanol–water partition coefficient (Wildman–Crippen LogP) is 4.66. The molecule has 31 heavy (non-hydrogen) atoms. The van der Waals surface area contributed by atoms with E-state index in [9.17, 15) is 9.59 Å². The van der Waals surface area contributed by atoms with Gasteiger partial charge in [0.15, 0.2) is 5.41 Å². The molecule has 1 heterocycles. The topological polar surface area (TPSA) is 55.8 Å². The number of anilines is 1. The van der Waals surface area contributed by atoms with Crippen LogP contribution in [0.25, 0.3) is 0 Å². The van der Waals surface area contributed by atoms with Gasteiger partial charge in [-0.3, -0.25) is 9.59 Å². The van der Waals surface area contributed by atoms with E-state index in [4.69, 9.17) is 9.47 Å². The number of ether oxygens (including phenoxy) is 2. The van der Waals surface area contributed by atoms with Crippen molar-refractivity contribution in [1.82, 2.24) is 0 Å². The average Bonchev–Trinajstić information content (AvgIpc) is 3.03. The third-order valence-electron chi connectivity index (χ3n) is 5.50. The van der Waals surface area contributed by atoms with Crippen molar-refractivity contribution < 1.29 is 19.1 Å². The molecule has 0 saturated heterocycles. The molecular formula is C26H23NO4. The van der Waals surface area contributed by atoms with Crippen molar-refractivity contribution in [1.29, 1.82) is 0 Å². The van der Waals surface area contributed by atoms with E-state index in [0.29, 0.717) is 29.3 Å². The Morgan fingerprint density at radius 3 is 2.32 bits per heavy atom. The highest BCUT2D eigenvalue weighted by Gasteiger charge is 2.57. The van der Waals surface area contributed by atoms with Gasteiger partial charge in [0.25, 0.3) is 0 Å². The fourth-order valence-electron chi connectivity index (χ4n) is 3.97. The summed E-state index contributed by atoms with van der Waals surface area (Å²) < 4.78 is 11.1. The van der Waals surface area contributed by atoms with Gasteiger partial charge in [-0.15, -0.1) is 6.58 Å². The minimum Gasteiger partial charge on any atom is -0.497 e. The molecule has 3 aromatic carbocycles. The summed E-state index contributed by atoms with van der Waals surface area (Å²) in [7, 11) is 1.55. The second-order valence-corrected chi connectivity index (χ2v) is 7.36. The van der Waals surface area contributed by atoms with Crippen LogP contribution < -0.4 is 14.4 Å². The lowest BCUT2D eigenvalue weighted by Crippen LogP contribution is -2.48. The molecule has 0 aliphatic carbocycles. The van der Waals surface area contributed by atoms with Crippen molar-refractivity contribution in [3.63, 3.8) is 0 Å². The first-order valence-corrected chi connectivity index (χ1v) is 10.0. The first-order valence-electron chi connectivity index (χ1n) is 10.0. The van der Waals surface area contributed by atoms with E-state index in [1.165, 1.54) is 0 Å². The number of methoxy groups -OCH3 is 1. The number of hydrogen-bond acceptors (Lipinski definition) is 4. The lowest BCUT2D eigenvalue weighted by Gasteiger charge is -2.26. The molecule has 1 amide bonds. The highest BCUT2D eigenvalue weighted by molar-refractivity contribution is 6.21. The first kappa shape index (κ1) is 20.4. The average molecular weight is 413 g/mol. The van der Waals surface area contributed by atoms with E-state index < -0.39 is 11.4 Å². The van der Waals surface area contributed by atoms with Crippen molar-refractivity contribution in [3.05, 3.63) is 103 Å². The zero-order valence-electron chi connectivity index (χ0n) is 17.3. The molecule has 3 aromatic rings. The summed E-state index contributed by atoms with van der Waals surface area (Å²) in [6.07, 6.45) is 1.70. The monoisotopic (exact) mass is 413 g/mol. The van der Waals surface area contributed by atoms with E-state index in [-0.39, 0.29) is 12.3 Å². The summed E-state index contributed by atoms with van der Waals surface area (Å²) >= 11 is 0. The van der Waals surface area contributed by atoms with Crippen LogP contribution in [0, 0.1) is 0 Å². The number of hydrogen-bond donors (Lipinski definition) is 0. The van der Waals surface area contributed by atoms with Gasteiger partial charge in [0, 0.05) is 11.3 Å². The van der Waals surface area contributed by atoms with Crippen LogP contribution in [0.4, 0.5) is 5.69 Å². The molecule has 0 radical (unpaired) electrons. The summed E-state index contributed by atoms with van der Waals surface area (Å²) in [6.45, 7) is 4.15. The molecule has 0 saturated carbocycles. The van der Waals surface area contributed by atoms with Gasteiger partial charge in [0.05, 0.1) is 13.7 Å². The van der Waals surface area contributed by atoms with Crippen molar-refractivity contribution >= 4 is 17.6 Å². The van der Waals surface area contributed by atoms with E-state index in [1.807, 2.05) is 42.5 Å². The molecular weight excluding hydrogens is 390 g/mol. The highest BCUT2D eigenvalue weighted by Crippen LogP contribution is 2.47. The van der Waals surface area contributed by atoms with Gasteiger partial charge in [0.1, 0.15) is 11.5 Å². The smallest absolute Gasteiger partial charge is 0.332 e. The van der Waals surface area contributed by atoms with Crippen LogP contribution in [-0.2, 0) is 21.5 Å². The zero-order valence-corrected chi connectivity index (χ0v) is 17.3. The van der Waals surface area contributed by atoms with Gasteiger partial charge in [-0.1, -0.05) is 54.6 Å². The lowest BCUT2D eigenvalue weighted by molar-refractivity contribution is -0.145. The number of carbonyl (C=O) groups excluding carboxylic acids is 2. The number of para-hydroxylation sites is 1. The molecule has 0 spiro atoms. The summed E-state index contributed by atoms with van der Waals surface area (Å²) in [4.78, 5) is 29.0. The maximum atomic E-state index is 13.8. The highest BCUT2D eigenvalue weighted by atomic mass is 16.5. The molecule has 0 fully saturated rings. The summed E-state index contributed by atoms with van der Waals surface area (Å²) in [6, 6.07) is 23.8. The summed E-state index contributed by atoms with van der Waals surface area (Å²) in [5.41, 5.74) is 0.662. The standard InChI is InChI=1S/C26H23NO4/c1-3-16-26(25(29)31-20-12-8-5-9-13-20)22-17-21(30-2)14-15-23(22)27(24(26)28)18-19-10-6-4-7-11-19/h3-15,17H,1,16,18H2,2H3. The van der Waals surface area contributed by atoms with E-state index >= 15 is 0 Å². The van der Waals surface area contributed by atoms with Crippen LogP contribution in [0.5, 0.6) is 11.5 Å². The minimum atomic E-state index is -1.53. The number of carbonyl (C=O) groups is 2. The number of esters is 1. The van der Waals surface area contributed by atoms with Crippen LogP contribution in [0.3, 0.4) is 0 Å². The normalized spacial score (nSPS) is 17.2. The number of benzene rings is 3. The van der Waals surface area contributed by atoms with Crippen molar-refractivity contribution in [2.45, 2.75) is 18.4 Å². The lowest BCUT2D eigenvalue weighted by atomic mass is 9.78. The Balaban J connectivity index is 1.82. The van der Waals surface area contributed by atoms with Crippen molar-refractivity contribution in [2.24, 2.45) is 0 Å². The fraction of sp³-hybridized carbons (Fsp3) is 0.154. The molecule has 4 rings (SSSR count). The molecule has 5 nitrogen and oxygen atoms in total. The van der Waals surface area contributed by atoms with Gasteiger partial charge in [-0.25, -0.2) is 0 Å². The molecule has 0 bridgehead atoms. The third kappa shape index (κ3) is 3.59. The van der Waals surface area contributed by atoms with Gasteiger partial charge in [0.2, 0.25) is 5.91 Å². The third-order valence-corrected chi connectivity index (χ3v) is 5.50. The molecule has 156 valence electrons. The fourth-order valence-corrected chi connectivity index (χ4v) is 3.97. The van der Waals surface area contributed by atoms with E-state index in [2.05, 4.69) is 6.58 Å². The SMILES string of the molecule is C=CCC1(C(=O)Oc2ccccc2)C(=O)N(Cc2ccccc2)c2ccc(OC)cc21. The second kappa shape index (κ2) is 8.48. The van der Waals surface area contributed by atoms with Gasteiger partial charge in [-0.2, -0.15) is 0 Å². The Morgan fingerprint density at radius 2 is 1.68 bits per heavy atom. The Bertz CT molecular complexity index is 1110. The molecule has 1 unspecified atom stereocenters. The van der Waals surface area contributed by atoms with Gasteiger partial charge in [-0.05, 0) is 42.3 Å². The van der Waals surface area contributed by atoms with E-state index in [1.54, 1.807) is 54.5 Å². The van der Waals surface area contributed by atoms with Crippen LogP contribution in [0.15, 0.2) is 91.5 Å². The van der Waals surface area contributed by atoms with Crippen molar-refractivity contribution in [2.75, 3.05) is 12.0 Å². The molecule has 1 atom stereocenters. The molecule has 1 aliphatic rings. The quantitative estimate of drug-likeness (QED) is 0.245. The number of nitrogens with zero attached hydrogens (tertiary/aromatic N) is 1.